The predicted octanol–water partition coefficient (Wildman–Crippen LogP) is 5.30. The van der Waals surface area contributed by atoms with E-state index < -0.39 is 0 Å². The topological polar surface area (TPSA) is 63.3 Å². The number of aryl methyl sites for hydroxylation is 2. The van der Waals surface area contributed by atoms with Crippen molar-refractivity contribution in [2.75, 3.05) is 5.75 Å². The summed E-state index contributed by atoms with van der Waals surface area (Å²) in [6, 6.07) is 12.8. The molecule has 3 aromatic rings. The van der Waals surface area contributed by atoms with Crippen molar-refractivity contribution >= 4 is 17.5 Å². The number of aromatic nitrogens is 3. The fourth-order valence-corrected chi connectivity index (χ4v) is 5.22. The Morgan fingerprint density at radius 1 is 1.00 bits per heavy atom. The van der Waals surface area contributed by atoms with Gasteiger partial charge in [-0.2, -0.15) is 0 Å². The quantitative estimate of drug-likeness (QED) is 0.513. The highest BCUT2D eigenvalue weighted by Gasteiger charge is 2.29. The van der Waals surface area contributed by atoms with Crippen molar-refractivity contribution in [1.29, 1.82) is 0 Å². The molecule has 1 aliphatic heterocycles. The van der Waals surface area contributed by atoms with Crippen LogP contribution in [0.2, 0.25) is 0 Å². The highest BCUT2D eigenvalue weighted by molar-refractivity contribution is 7.99. The average molecular weight is 435 g/mol. The molecule has 6 heteroatoms. The zero-order valence-electron chi connectivity index (χ0n) is 18.7. The van der Waals surface area contributed by atoms with E-state index in [1.54, 1.807) is 0 Å². The number of aliphatic hydroxyl groups excluding tert-OH is 1. The van der Waals surface area contributed by atoms with Crippen LogP contribution in [0.15, 0.2) is 46.3 Å². The van der Waals surface area contributed by atoms with E-state index in [2.05, 4.69) is 74.3 Å². The molecule has 2 heterocycles. The van der Waals surface area contributed by atoms with Gasteiger partial charge in [0.05, 0.1) is 11.4 Å². The Labute approximate surface area is 188 Å². The number of rotatable bonds is 7. The van der Waals surface area contributed by atoms with E-state index >= 15 is 0 Å². The van der Waals surface area contributed by atoms with Gasteiger partial charge in [-0.15, -0.1) is 22.0 Å². The van der Waals surface area contributed by atoms with Crippen LogP contribution >= 0.6 is 11.8 Å². The minimum atomic E-state index is -0.172. The molecule has 0 amide bonds. The molecule has 4 rings (SSSR count). The van der Waals surface area contributed by atoms with Gasteiger partial charge in [-0.3, -0.25) is 9.56 Å². The summed E-state index contributed by atoms with van der Waals surface area (Å²) < 4.78 is 2.04. The lowest BCUT2D eigenvalue weighted by Gasteiger charge is -2.20. The van der Waals surface area contributed by atoms with Crippen LogP contribution in [0.5, 0.6) is 0 Å². The molecule has 1 aromatic heterocycles. The number of aliphatic imine (C=N–C) groups is 1. The molecule has 0 radical (unpaired) electrons. The molecule has 1 atom stereocenters. The van der Waals surface area contributed by atoms with Crippen LogP contribution in [0.1, 0.15) is 74.1 Å². The van der Waals surface area contributed by atoms with Gasteiger partial charge in [0.1, 0.15) is 12.6 Å². The number of fused-ring (bicyclic) bond motifs is 3. The van der Waals surface area contributed by atoms with Crippen LogP contribution in [0.3, 0.4) is 0 Å². The highest BCUT2D eigenvalue weighted by Crippen LogP contribution is 2.38. The number of aliphatic hydroxyl groups is 1. The van der Waals surface area contributed by atoms with Gasteiger partial charge in [-0.25, -0.2) is 0 Å². The largest absolute Gasteiger partial charge is 0.388 e. The molecule has 0 fully saturated rings. The fraction of sp³-hybridized carbons (Fsp3) is 0.400. The molecule has 0 saturated carbocycles. The van der Waals surface area contributed by atoms with Gasteiger partial charge in [0.15, 0.2) is 11.6 Å². The first-order chi connectivity index (χ1) is 15.1. The maximum Gasteiger partial charge on any atom is 0.163 e. The molecule has 31 heavy (non-hydrogen) atoms. The van der Waals surface area contributed by atoms with E-state index in [0.717, 1.165) is 47.8 Å². The fourth-order valence-electron chi connectivity index (χ4n) is 4.29. The Kier molecular flexibility index (Phi) is 6.58. The lowest BCUT2D eigenvalue weighted by molar-refractivity contribution is 0.268. The summed E-state index contributed by atoms with van der Waals surface area (Å²) in [6.45, 7) is 8.50. The smallest absolute Gasteiger partial charge is 0.163 e. The van der Waals surface area contributed by atoms with Gasteiger partial charge in [-0.1, -0.05) is 51.1 Å². The third kappa shape index (κ3) is 3.83. The summed E-state index contributed by atoms with van der Waals surface area (Å²) in [6.07, 6.45) is 2.99. The molecule has 1 aliphatic rings. The van der Waals surface area contributed by atoms with E-state index in [1.165, 1.54) is 21.6 Å². The molecular weight excluding hydrogens is 404 g/mol. The van der Waals surface area contributed by atoms with Crippen molar-refractivity contribution in [2.45, 2.75) is 64.5 Å². The number of nitrogens with zero attached hydrogens (tertiary/aromatic N) is 4. The van der Waals surface area contributed by atoms with Crippen molar-refractivity contribution in [3.8, 4) is 5.69 Å². The van der Waals surface area contributed by atoms with Crippen LogP contribution < -0.4 is 0 Å². The van der Waals surface area contributed by atoms with Gasteiger partial charge in [0.2, 0.25) is 0 Å². The van der Waals surface area contributed by atoms with Gasteiger partial charge in [0.25, 0.3) is 0 Å². The van der Waals surface area contributed by atoms with E-state index in [1.807, 2.05) is 16.3 Å². The first-order valence-electron chi connectivity index (χ1n) is 11.1. The van der Waals surface area contributed by atoms with E-state index in [-0.39, 0.29) is 12.6 Å². The number of thioether (sulfide) groups is 1. The molecule has 5 nitrogen and oxygen atoms in total. The third-order valence-electron chi connectivity index (χ3n) is 5.77. The molecular formula is C25H30N4OS. The molecule has 0 spiro atoms. The molecule has 0 saturated heterocycles. The lowest BCUT2D eigenvalue weighted by Crippen LogP contribution is -2.14. The van der Waals surface area contributed by atoms with Crippen molar-refractivity contribution in [2.24, 2.45) is 4.99 Å². The first kappa shape index (κ1) is 21.8. The summed E-state index contributed by atoms with van der Waals surface area (Å²) in [5, 5.41) is 18.7. The van der Waals surface area contributed by atoms with Gasteiger partial charge >= 0.3 is 0 Å². The van der Waals surface area contributed by atoms with Crippen LogP contribution in [0, 0.1) is 0 Å². The third-order valence-corrected chi connectivity index (χ3v) is 7.02. The Bertz CT molecular complexity index is 1100. The second kappa shape index (κ2) is 9.37. The standard InChI is InChI=1S/C25H30N4OS/c1-5-14-31-20-13-9-12-19-23(22-17(6-2)10-8-11-18(22)7-3)26-16(4)25-28-27-21(15-30)29(25)24(19)20/h8-13,16,30H,5-7,14-15H2,1-4H3. The molecule has 2 aromatic carbocycles. The highest BCUT2D eigenvalue weighted by atomic mass is 32.2. The molecule has 1 N–H and O–H groups in total. The van der Waals surface area contributed by atoms with Gasteiger partial charge in [-0.05, 0) is 49.1 Å². The van der Waals surface area contributed by atoms with Crippen molar-refractivity contribution < 1.29 is 5.11 Å². The number of benzene rings is 2. The average Bonchev–Trinajstić information content (AvgIpc) is 3.19. The maximum absolute atomic E-state index is 10.0. The van der Waals surface area contributed by atoms with Crippen molar-refractivity contribution in [3.05, 3.63) is 70.3 Å². The van der Waals surface area contributed by atoms with Crippen molar-refractivity contribution in [3.63, 3.8) is 0 Å². The summed E-state index contributed by atoms with van der Waals surface area (Å²) in [5.74, 6) is 2.36. The van der Waals surface area contributed by atoms with Gasteiger partial charge < -0.3 is 5.11 Å². The number of hydrogen-bond donors (Lipinski definition) is 1. The molecule has 1 unspecified atom stereocenters. The van der Waals surface area contributed by atoms with Crippen LogP contribution in [-0.2, 0) is 19.4 Å². The summed E-state index contributed by atoms with van der Waals surface area (Å²) in [4.78, 5) is 6.39. The van der Waals surface area contributed by atoms with E-state index in [4.69, 9.17) is 4.99 Å². The van der Waals surface area contributed by atoms with Gasteiger partial charge in [0, 0.05) is 16.0 Å². The van der Waals surface area contributed by atoms with E-state index in [9.17, 15) is 5.11 Å². The van der Waals surface area contributed by atoms with Crippen LogP contribution in [0.25, 0.3) is 5.69 Å². The summed E-state index contributed by atoms with van der Waals surface area (Å²) in [5.41, 5.74) is 7.00. The Morgan fingerprint density at radius 3 is 2.35 bits per heavy atom. The predicted molar refractivity (Wildman–Crippen MR) is 128 cm³/mol. The first-order valence-corrected chi connectivity index (χ1v) is 12.1. The Balaban J connectivity index is 2.06. The summed E-state index contributed by atoms with van der Waals surface area (Å²) >= 11 is 1.84. The second-order valence-electron chi connectivity index (χ2n) is 7.78. The zero-order valence-corrected chi connectivity index (χ0v) is 19.5. The monoisotopic (exact) mass is 434 g/mol. The second-order valence-corrected chi connectivity index (χ2v) is 8.92. The maximum atomic E-state index is 10.0. The minimum Gasteiger partial charge on any atom is -0.388 e. The molecule has 162 valence electrons. The molecule has 0 aliphatic carbocycles. The SMILES string of the molecule is CCCSc1cccc2c1-n1c(CO)nnc1C(C)N=C2c1c(CC)cccc1CC. The summed E-state index contributed by atoms with van der Waals surface area (Å²) in [7, 11) is 0. The Morgan fingerprint density at radius 2 is 1.71 bits per heavy atom. The lowest BCUT2D eigenvalue weighted by atomic mass is 9.90. The van der Waals surface area contributed by atoms with Crippen LogP contribution in [0.4, 0.5) is 0 Å². The normalized spacial score (nSPS) is 15.3. The molecule has 0 bridgehead atoms. The Hall–Kier alpha value is -2.44. The number of hydrogen-bond acceptors (Lipinski definition) is 5. The van der Waals surface area contributed by atoms with Crippen LogP contribution in [-0.4, -0.2) is 31.3 Å². The zero-order chi connectivity index (χ0) is 22.0. The minimum absolute atomic E-state index is 0.160. The van der Waals surface area contributed by atoms with E-state index in [0.29, 0.717) is 5.82 Å². The van der Waals surface area contributed by atoms with Crippen molar-refractivity contribution in [1.82, 2.24) is 14.8 Å². The number of para-hydroxylation sites is 1.